The zero-order valence-corrected chi connectivity index (χ0v) is 8.00. The Balaban J connectivity index is 1.72. The summed E-state index contributed by atoms with van der Waals surface area (Å²) in [5.74, 6) is 0. The molecule has 3 heteroatoms. The average Bonchev–Trinajstić information content (AvgIpc) is 2.44. The Kier molecular flexibility index (Phi) is 2.58. The van der Waals surface area contributed by atoms with Crippen LogP contribution in [-0.2, 0) is 0 Å². The van der Waals surface area contributed by atoms with Gasteiger partial charge in [-0.2, -0.15) is 0 Å². The normalized spacial score (nSPS) is 37.4. The number of aliphatic hydroxyl groups is 2. The lowest BCUT2D eigenvalue weighted by Gasteiger charge is -2.37. The molecule has 0 heterocycles. The number of hydrogen-bond acceptors (Lipinski definition) is 3. The minimum absolute atomic E-state index is 0.191. The summed E-state index contributed by atoms with van der Waals surface area (Å²) < 4.78 is 0. The van der Waals surface area contributed by atoms with Crippen LogP contribution in [0, 0.1) is 0 Å². The Labute approximate surface area is 79.2 Å². The molecular weight excluding hydrogens is 166 g/mol. The summed E-state index contributed by atoms with van der Waals surface area (Å²) in [6.07, 6.45) is 5.87. The molecule has 13 heavy (non-hydrogen) atoms. The maximum Gasteiger partial charge on any atom is 0.0771 e. The van der Waals surface area contributed by atoms with Gasteiger partial charge < -0.3 is 15.5 Å². The van der Waals surface area contributed by atoms with Crippen molar-refractivity contribution >= 4 is 0 Å². The van der Waals surface area contributed by atoms with Crippen LogP contribution in [0.2, 0.25) is 0 Å². The van der Waals surface area contributed by atoms with E-state index in [9.17, 15) is 10.2 Å². The molecule has 0 aromatic carbocycles. The third-order valence-electron chi connectivity index (χ3n) is 3.46. The van der Waals surface area contributed by atoms with Crippen molar-refractivity contribution in [3.8, 4) is 0 Å². The zero-order chi connectivity index (χ0) is 9.31. The van der Waals surface area contributed by atoms with Gasteiger partial charge in [0.2, 0.25) is 0 Å². The lowest BCUT2D eigenvalue weighted by atomic mass is 9.80. The number of aliphatic hydroxyl groups excluding tert-OH is 1. The predicted molar refractivity (Wildman–Crippen MR) is 50.4 cm³/mol. The highest BCUT2D eigenvalue weighted by atomic mass is 16.3. The van der Waals surface area contributed by atoms with Crippen molar-refractivity contribution in [1.82, 2.24) is 5.32 Å². The molecule has 0 saturated heterocycles. The molecule has 2 unspecified atom stereocenters. The van der Waals surface area contributed by atoms with E-state index in [2.05, 4.69) is 5.32 Å². The van der Waals surface area contributed by atoms with Crippen LogP contribution in [0.3, 0.4) is 0 Å². The van der Waals surface area contributed by atoms with Gasteiger partial charge in [0, 0.05) is 12.6 Å². The van der Waals surface area contributed by atoms with Crippen LogP contribution in [0.1, 0.15) is 38.5 Å². The summed E-state index contributed by atoms with van der Waals surface area (Å²) in [6.45, 7) is 0.661. The molecule has 76 valence electrons. The molecule has 3 N–H and O–H groups in total. The topological polar surface area (TPSA) is 52.5 Å². The second-order valence-electron chi connectivity index (χ2n) is 4.56. The largest absolute Gasteiger partial charge is 0.392 e. The van der Waals surface area contributed by atoms with Crippen molar-refractivity contribution in [2.45, 2.75) is 56.3 Å². The van der Waals surface area contributed by atoms with Crippen molar-refractivity contribution in [3.63, 3.8) is 0 Å². The second-order valence-corrected chi connectivity index (χ2v) is 4.56. The highest BCUT2D eigenvalue weighted by Gasteiger charge is 2.35. The van der Waals surface area contributed by atoms with Crippen LogP contribution >= 0.6 is 0 Å². The fourth-order valence-electron chi connectivity index (χ4n) is 2.26. The van der Waals surface area contributed by atoms with Gasteiger partial charge in [0.25, 0.3) is 0 Å². The predicted octanol–water partition coefficient (Wildman–Crippen LogP) is 0.404. The highest BCUT2D eigenvalue weighted by Crippen LogP contribution is 2.31. The van der Waals surface area contributed by atoms with Gasteiger partial charge in [-0.15, -0.1) is 0 Å². The first kappa shape index (κ1) is 9.44. The molecule has 0 amide bonds. The molecule has 3 nitrogen and oxygen atoms in total. The van der Waals surface area contributed by atoms with Gasteiger partial charge in [0.1, 0.15) is 0 Å². The van der Waals surface area contributed by atoms with Gasteiger partial charge in [-0.3, -0.25) is 0 Å². The van der Waals surface area contributed by atoms with E-state index in [-0.39, 0.29) is 12.1 Å². The first-order valence-corrected chi connectivity index (χ1v) is 5.33. The molecule has 2 atom stereocenters. The van der Waals surface area contributed by atoms with Gasteiger partial charge >= 0.3 is 0 Å². The van der Waals surface area contributed by atoms with E-state index in [0.717, 1.165) is 38.5 Å². The third kappa shape index (κ3) is 2.03. The summed E-state index contributed by atoms with van der Waals surface area (Å²) in [7, 11) is 0. The van der Waals surface area contributed by atoms with Crippen LogP contribution in [0.5, 0.6) is 0 Å². The maximum atomic E-state index is 9.81. The molecule has 0 bridgehead atoms. The van der Waals surface area contributed by atoms with Crippen molar-refractivity contribution in [2.75, 3.05) is 6.54 Å². The first-order chi connectivity index (χ1) is 6.20. The van der Waals surface area contributed by atoms with E-state index in [1.54, 1.807) is 0 Å². The lowest BCUT2D eigenvalue weighted by molar-refractivity contribution is -0.0356. The van der Waals surface area contributed by atoms with Gasteiger partial charge in [-0.1, -0.05) is 0 Å². The number of nitrogens with one attached hydrogen (secondary N) is 1. The van der Waals surface area contributed by atoms with E-state index in [1.165, 1.54) is 0 Å². The molecule has 2 aliphatic rings. The van der Waals surface area contributed by atoms with E-state index in [4.69, 9.17) is 0 Å². The zero-order valence-electron chi connectivity index (χ0n) is 8.00. The number of rotatable bonds is 3. The molecule has 2 saturated carbocycles. The van der Waals surface area contributed by atoms with Crippen molar-refractivity contribution in [2.24, 2.45) is 0 Å². The summed E-state index contributed by atoms with van der Waals surface area (Å²) in [6, 6.07) is 0.227. The van der Waals surface area contributed by atoms with Gasteiger partial charge in [-0.25, -0.2) is 0 Å². The Hall–Kier alpha value is -0.120. The van der Waals surface area contributed by atoms with Crippen LogP contribution in [0.4, 0.5) is 0 Å². The molecule has 0 radical (unpaired) electrons. The van der Waals surface area contributed by atoms with Crippen LogP contribution < -0.4 is 5.32 Å². The summed E-state index contributed by atoms with van der Waals surface area (Å²) in [5, 5.41) is 22.6. The SMILES string of the molecule is OC1CCCC1NCC1(O)CCC1. The molecule has 2 fully saturated rings. The average molecular weight is 185 g/mol. The summed E-state index contributed by atoms with van der Waals surface area (Å²) in [5.41, 5.74) is -0.456. The minimum atomic E-state index is -0.456. The lowest BCUT2D eigenvalue weighted by Crippen LogP contribution is -2.50. The van der Waals surface area contributed by atoms with E-state index in [1.807, 2.05) is 0 Å². The Morgan fingerprint density at radius 1 is 1.23 bits per heavy atom. The molecule has 0 spiro atoms. The fraction of sp³-hybridized carbons (Fsp3) is 1.00. The third-order valence-corrected chi connectivity index (χ3v) is 3.46. The van der Waals surface area contributed by atoms with Crippen LogP contribution in [-0.4, -0.2) is 34.5 Å². The molecule has 0 aromatic rings. The summed E-state index contributed by atoms with van der Waals surface area (Å²) >= 11 is 0. The van der Waals surface area contributed by atoms with E-state index < -0.39 is 5.60 Å². The molecule has 2 aliphatic carbocycles. The smallest absolute Gasteiger partial charge is 0.0771 e. The standard InChI is InChI=1S/C10H19NO2/c12-9-4-1-3-8(9)11-7-10(13)5-2-6-10/h8-9,11-13H,1-7H2. The van der Waals surface area contributed by atoms with Crippen LogP contribution in [0.25, 0.3) is 0 Å². The van der Waals surface area contributed by atoms with Gasteiger partial charge in [0.05, 0.1) is 11.7 Å². The molecule has 0 aromatic heterocycles. The quantitative estimate of drug-likeness (QED) is 0.596. The first-order valence-electron chi connectivity index (χ1n) is 5.33. The monoisotopic (exact) mass is 185 g/mol. The fourth-order valence-corrected chi connectivity index (χ4v) is 2.26. The Morgan fingerprint density at radius 2 is 2.00 bits per heavy atom. The number of hydrogen-bond donors (Lipinski definition) is 3. The van der Waals surface area contributed by atoms with Crippen molar-refractivity contribution in [1.29, 1.82) is 0 Å². The Bertz CT molecular complexity index is 180. The highest BCUT2D eigenvalue weighted by molar-refractivity contribution is 4.92. The molecule has 2 rings (SSSR count). The van der Waals surface area contributed by atoms with Gasteiger partial charge in [0.15, 0.2) is 0 Å². The molecular formula is C10H19NO2. The second kappa shape index (κ2) is 3.56. The Morgan fingerprint density at radius 3 is 2.46 bits per heavy atom. The summed E-state index contributed by atoms with van der Waals surface area (Å²) in [4.78, 5) is 0. The van der Waals surface area contributed by atoms with Gasteiger partial charge in [-0.05, 0) is 38.5 Å². The molecule has 0 aliphatic heterocycles. The van der Waals surface area contributed by atoms with E-state index >= 15 is 0 Å². The maximum absolute atomic E-state index is 9.81. The van der Waals surface area contributed by atoms with Crippen molar-refractivity contribution in [3.05, 3.63) is 0 Å². The minimum Gasteiger partial charge on any atom is -0.392 e. The van der Waals surface area contributed by atoms with Crippen LogP contribution in [0.15, 0.2) is 0 Å². The van der Waals surface area contributed by atoms with E-state index in [0.29, 0.717) is 6.54 Å². The van der Waals surface area contributed by atoms with Crippen molar-refractivity contribution < 1.29 is 10.2 Å².